The molecular weight excluding hydrogens is 300 g/mol. The monoisotopic (exact) mass is 328 g/mol. The van der Waals surface area contributed by atoms with Crippen LogP contribution >= 0.6 is 0 Å². The lowest BCUT2D eigenvalue weighted by molar-refractivity contribution is -0.121. The molecule has 0 amide bonds. The Bertz CT molecular complexity index is 733. The highest BCUT2D eigenvalue weighted by molar-refractivity contribution is 5.99. The Kier molecular flexibility index (Phi) is 3.18. The fourth-order valence-electron chi connectivity index (χ4n) is 6.09. The fourth-order valence-corrected chi connectivity index (χ4v) is 6.09. The standard InChI is InChI=1S/C21H28O3/c1-6-7-12-10-14-16(19(23)15(12)11(2)22)18-17-13(20(18,3)4)8-9-21(17,5)24-14/h10,13,17-18,23H,6-9H2,1-5H3/t13-,17?,18?,21-/m1/s1. The van der Waals surface area contributed by atoms with E-state index in [9.17, 15) is 9.90 Å². The maximum Gasteiger partial charge on any atom is 0.163 e. The third-order valence-corrected chi connectivity index (χ3v) is 7.12. The van der Waals surface area contributed by atoms with Crippen molar-refractivity contribution < 1.29 is 14.6 Å². The second kappa shape index (κ2) is 4.77. The van der Waals surface area contributed by atoms with E-state index in [0.29, 0.717) is 17.4 Å². The van der Waals surface area contributed by atoms with Crippen LogP contribution in [0.4, 0.5) is 0 Å². The van der Waals surface area contributed by atoms with Gasteiger partial charge in [0, 0.05) is 17.4 Å². The van der Waals surface area contributed by atoms with Crippen molar-refractivity contribution in [2.75, 3.05) is 0 Å². The Morgan fingerprint density at radius 2 is 2.08 bits per heavy atom. The van der Waals surface area contributed by atoms with Gasteiger partial charge >= 0.3 is 0 Å². The molecule has 1 aromatic rings. The first kappa shape index (κ1) is 16.0. The number of fused-ring (bicyclic) bond motifs is 2. The summed E-state index contributed by atoms with van der Waals surface area (Å²) in [5.74, 6) is 2.35. The van der Waals surface area contributed by atoms with E-state index >= 15 is 0 Å². The van der Waals surface area contributed by atoms with Gasteiger partial charge in [0.05, 0.1) is 5.56 Å². The first-order chi connectivity index (χ1) is 11.2. The van der Waals surface area contributed by atoms with Crippen molar-refractivity contribution in [2.45, 2.75) is 71.8 Å². The molecule has 2 fully saturated rings. The van der Waals surface area contributed by atoms with Crippen LogP contribution in [0.1, 0.15) is 81.3 Å². The van der Waals surface area contributed by atoms with Crippen LogP contribution in [0.25, 0.3) is 0 Å². The van der Waals surface area contributed by atoms with Crippen molar-refractivity contribution in [1.82, 2.24) is 0 Å². The first-order valence-electron chi connectivity index (χ1n) is 9.31. The number of ketones is 1. The van der Waals surface area contributed by atoms with Crippen LogP contribution < -0.4 is 4.74 Å². The number of hydrogen-bond acceptors (Lipinski definition) is 3. The van der Waals surface area contributed by atoms with Crippen LogP contribution in [0.2, 0.25) is 0 Å². The SMILES string of the molecule is CCCc1cc2c(c(O)c1C(C)=O)C1C3[C@@H](CC[C@@]3(C)O2)C1(C)C. The number of aryl methyl sites for hydroxylation is 1. The summed E-state index contributed by atoms with van der Waals surface area (Å²) in [6.07, 6.45) is 4.01. The quantitative estimate of drug-likeness (QED) is 0.807. The number of benzene rings is 1. The lowest BCUT2D eigenvalue weighted by Gasteiger charge is -2.62. The van der Waals surface area contributed by atoms with E-state index in [0.717, 1.165) is 36.1 Å². The smallest absolute Gasteiger partial charge is 0.163 e. The lowest BCUT2D eigenvalue weighted by atomic mass is 9.45. The molecule has 2 saturated carbocycles. The summed E-state index contributed by atoms with van der Waals surface area (Å²) in [4.78, 5) is 12.2. The number of phenols is 1. The highest BCUT2D eigenvalue weighted by atomic mass is 16.5. The van der Waals surface area contributed by atoms with Crippen LogP contribution in [0.5, 0.6) is 11.5 Å². The number of hydrogen-bond donors (Lipinski definition) is 1. The molecule has 0 saturated heterocycles. The predicted octanol–water partition coefficient (Wildman–Crippen LogP) is 4.85. The number of carbonyl (C=O) groups excluding carboxylic acids is 1. The van der Waals surface area contributed by atoms with Crippen molar-refractivity contribution in [3.05, 3.63) is 22.8 Å². The predicted molar refractivity (Wildman–Crippen MR) is 93.9 cm³/mol. The molecule has 2 aliphatic carbocycles. The van der Waals surface area contributed by atoms with Crippen molar-refractivity contribution >= 4 is 5.78 Å². The number of ether oxygens (including phenoxy) is 1. The Balaban J connectivity index is 1.95. The van der Waals surface area contributed by atoms with Crippen LogP contribution in [0.3, 0.4) is 0 Å². The molecule has 130 valence electrons. The average Bonchev–Trinajstić information content (AvgIpc) is 2.81. The summed E-state index contributed by atoms with van der Waals surface area (Å²) in [6, 6.07) is 2.04. The third kappa shape index (κ3) is 1.76. The Morgan fingerprint density at radius 1 is 1.38 bits per heavy atom. The zero-order chi connectivity index (χ0) is 17.4. The van der Waals surface area contributed by atoms with Crippen molar-refractivity contribution in [2.24, 2.45) is 17.3 Å². The molecule has 0 aromatic heterocycles. The summed E-state index contributed by atoms with van der Waals surface area (Å²) in [7, 11) is 0. The van der Waals surface area contributed by atoms with Crippen LogP contribution in [-0.4, -0.2) is 16.5 Å². The van der Waals surface area contributed by atoms with E-state index in [-0.39, 0.29) is 28.5 Å². The van der Waals surface area contributed by atoms with E-state index in [4.69, 9.17) is 4.74 Å². The summed E-state index contributed by atoms with van der Waals surface area (Å²) >= 11 is 0. The van der Waals surface area contributed by atoms with Gasteiger partial charge in [0.25, 0.3) is 0 Å². The molecular formula is C21H28O3. The summed E-state index contributed by atoms with van der Waals surface area (Å²) in [6.45, 7) is 10.5. The lowest BCUT2D eigenvalue weighted by Crippen LogP contribution is -2.59. The maximum atomic E-state index is 12.2. The molecule has 3 aliphatic rings. The summed E-state index contributed by atoms with van der Waals surface area (Å²) in [5, 5.41) is 11.0. The Hall–Kier alpha value is -1.51. The molecule has 4 atom stereocenters. The average molecular weight is 328 g/mol. The molecule has 24 heavy (non-hydrogen) atoms. The molecule has 0 radical (unpaired) electrons. The van der Waals surface area contributed by atoms with E-state index in [1.165, 1.54) is 6.42 Å². The van der Waals surface area contributed by atoms with Gasteiger partial charge in [-0.1, -0.05) is 27.2 Å². The van der Waals surface area contributed by atoms with Crippen LogP contribution in [0, 0.1) is 17.3 Å². The summed E-state index contributed by atoms with van der Waals surface area (Å²) < 4.78 is 6.47. The van der Waals surface area contributed by atoms with Crippen molar-refractivity contribution in [3.8, 4) is 11.5 Å². The fraction of sp³-hybridized carbons (Fsp3) is 0.667. The Morgan fingerprint density at radius 3 is 2.71 bits per heavy atom. The highest BCUT2D eigenvalue weighted by Crippen LogP contribution is 2.74. The van der Waals surface area contributed by atoms with Gasteiger partial charge in [0.2, 0.25) is 0 Å². The van der Waals surface area contributed by atoms with Crippen molar-refractivity contribution in [3.63, 3.8) is 0 Å². The van der Waals surface area contributed by atoms with Gasteiger partial charge in [0.15, 0.2) is 5.78 Å². The molecule has 3 heteroatoms. The molecule has 4 rings (SSSR count). The first-order valence-corrected chi connectivity index (χ1v) is 9.31. The number of carbonyl (C=O) groups is 1. The van der Waals surface area contributed by atoms with Gasteiger partial charge in [-0.05, 0) is 56.1 Å². The van der Waals surface area contributed by atoms with Gasteiger partial charge in [-0.25, -0.2) is 0 Å². The van der Waals surface area contributed by atoms with E-state index in [1.807, 2.05) is 6.07 Å². The van der Waals surface area contributed by atoms with Gasteiger partial charge in [-0.3, -0.25) is 4.79 Å². The largest absolute Gasteiger partial charge is 0.507 e. The summed E-state index contributed by atoms with van der Waals surface area (Å²) in [5.41, 5.74) is 2.37. The molecule has 0 spiro atoms. The second-order valence-corrected chi connectivity index (χ2v) is 8.86. The second-order valence-electron chi connectivity index (χ2n) is 8.86. The molecule has 1 heterocycles. The van der Waals surface area contributed by atoms with Gasteiger partial charge < -0.3 is 9.84 Å². The topological polar surface area (TPSA) is 46.5 Å². The minimum atomic E-state index is -0.120. The van der Waals surface area contributed by atoms with Crippen LogP contribution in [-0.2, 0) is 6.42 Å². The minimum Gasteiger partial charge on any atom is -0.507 e. The molecule has 3 nitrogen and oxygen atoms in total. The van der Waals surface area contributed by atoms with Gasteiger partial charge in [0.1, 0.15) is 17.1 Å². The van der Waals surface area contributed by atoms with E-state index < -0.39 is 0 Å². The highest BCUT2D eigenvalue weighted by Gasteiger charge is 2.69. The van der Waals surface area contributed by atoms with Crippen LogP contribution in [0.15, 0.2) is 6.07 Å². The zero-order valence-electron chi connectivity index (χ0n) is 15.4. The van der Waals surface area contributed by atoms with Gasteiger partial charge in [-0.15, -0.1) is 0 Å². The normalized spacial score (nSPS) is 34.8. The molecule has 1 aliphatic heterocycles. The number of Topliss-reactive ketones (excluding diaryl/α,β-unsaturated/α-hetero) is 1. The van der Waals surface area contributed by atoms with Crippen molar-refractivity contribution in [1.29, 1.82) is 0 Å². The van der Waals surface area contributed by atoms with E-state index in [1.54, 1.807) is 6.92 Å². The number of aromatic hydroxyl groups is 1. The van der Waals surface area contributed by atoms with Gasteiger partial charge in [-0.2, -0.15) is 0 Å². The molecule has 1 N–H and O–H groups in total. The molecule has 0 bridgehead atoms. The minimum absolute atomic E-state index is 0.0489. The van der Waals surface area contributed by atoms with E-state index in [2.05, 4.69) is 27.7 Å². The number of rotatable bonds is 3. The number of phenolic OH excluding ortho intramolecular Hbond substituents is 1. The molecule has 2 unspecified atom stereocenters. The maximum absolute atomic E-state index is 12.2. The zero-order valence-corrected chi connectivity index (χ0v) is 15.4. The molecule has 1 aromatic carbocycles. The Labute approximate surface area is 144 Å². The third-order valence-electron chi connectivity index (χ3n) is 7.12.